The average Bonchev–Trinajstić information content (AvgIpc) is 3.26. The van der Waals surface area contributed by atoms with E-state index in [-0.39, 0.29) is 18.9 Å². The van der Waals surface area contributed by atoms with Gasteiger partial charge in [-0.3, -0.25) is 19.8 Å². The smallest absolute Gasteiger partial charge is 0.342 e. The van der Waals surface area contributed by atoms with Gasteiger partial charge in [-0.1, -0.05) is 60.7 Å². The van der Waals surface area contributed by atoms with E-state index in [1.54, 1.807) is 36.1 Å². The fourth-order valence-electron chi connectivity index (χ4n) is 3.98. The number of carbonyl (C=O) groups excluding carboxylic acids is 4. The highest BCUT2D eigenvalue weighted by Crippen LogP contribution is 2.28. The topological polar surface area (TPSA) is 98.8 Å². The lowest BCUT2D eigenvalue weighted by molar-refractivity contribution is -0.140. The molecule has 2 heterocycles. The van der Waals surface area contributed by atoms with E-state index in [2.05, 4.69) is 10.7 Å². The molecule has 0 aromatic heterocycles. The van der Waals surface area contributed by atoms with E-state index in [1.165, 1.54) is 0 Å². The molecule has 0 aliphatic carbocycles. The molecule has 2 aromatic rings. The Kier molecular flexibility index (Phi) is 5.46. The first kappa shape index (κ1) is 20.6. The van der Waals surface area contributed by atoms with Crippen molar-refractivity contribution >= 4 is 23.8 Å². The molecule has 2 N–H and O–H groups in total. The highest BCUT2D eigenvalue weighted by atomic mass is 16.2. The second kappa shape index (κ2) is 8.22. The van der Waals surface area contributed by atoms with Crippen LogP contribution in [-0.4, -0.2) is 46.8 Å². The Balaban J connectivity index is 1.37. The maximum absolute atomic E-state index is 12.9. The largest absolute Gasteiger partial charge is 0.344 e. The van der Waals surface area contributed by atoms with Crippen LogP contribution in [0, 0.1) is 5.92 Å². The van der Waals surface area contributed by atoms with E-state index < -0.39 is 29.3 Å². The summed E-state index contributed by atoms with van der Waals surface area (Å²) < 4.78 is 0. The fourth-order valence-corrected chi connectivity index (χ4v) is 3.98. The van der Waals surface area contributed by atoms with Gasteiger partial charge in [0.25, 0.3) is 5.91 Å². The molecule has 2 aliphatic rings. The number of hydrogen-bond donors (Lipinski definition) is 2. The Morgan fingerprint density at radius 2 is 1.71 bits per heavy atom. The summed E-state index contributed by atoms with van der Waals surface area (Å²) in [5.41, 5.74) is 2.88. The molecule has 31 heavy (non-hydrogen) atoms. The number of rotatable bonds is 6. The van der Waals surface area contributed by atoms with Crippen LogP contribution in [0.25, 0.3) is 0 Å². The van der Waals surface area contributed by atoms with Gasteiger partial charge in [0, 0.05) is 19.5 Å². The standard InChI is InChI=1S/C23H24N4O4/c1-23(18-10-6-3-7-11-18)21(30)27(22(31)24-23)25-20(29)17-14-19(28)26(15-17)13-12-16-8-4-2-5-9-16/h2-11,17H,12-15H2,1H3,(H,24,31)(H,25,29)/t17-,23-/m1/s1. The van der Waals surface area contributed by atoms with Crippen molar-refractivity contribution in [3.63, 3.8) is 0 Å². The van der Waals surface area contributed by atoms with Crippen LogP contribution >= 0.6 is 0 Å². The zero-order valence-electron chi connectivity index (χ0n) is 17.2. The summed E-state index contributed by atoms with van der Waals surface area (Å²) >= 11 is 0. The van der Waals surface area contributed by atoms with Crippen LogP contribution in [-0.2, 0) is 26.3 Å². The number of urea groups is 1. The quantitative estimate of drug-likeness (QED) is 0.693. The zero-order valence-corrected chi connectivity index (χ0v) is 17.2. The normalized spacial score (nSPS) is 23.3. The van der Waals surface area contributed by atoms with Crippen molar-refractivity contribution in [1.82, 2.24) is 20.7 Å². The van der Waals surface area contributed by atoms with Crippen molar-refractivity contribution in [3.8, 4) is 0 Å². The first-order chi connectivity index (χ1) is 14.9. The minimum Gasteiger partial charge on any atom is -0.342 e. The van der Waals surface area contributed by atoms with E-state index >= 15 is 0 Å². The summed E-state index contributed by atoms with van der Waals surface area (Å²) in [4.78, 5) is 52.1. The van der Waals surface area contributed by atoms with Gasteiger partial charge in [0.2, 0.25) is 11.8 Å². The molecule has 160 valence electrons. The molecule has 5 amide bonds. The van der Waals surface area contributed by atoms with E-state index in [1.807, 2.05) is 36.4 Å². The van der Waals surface area contributed by atoms with Crippen molar-refractivity contribution in [2.45, 2.75) is 25.3 Å². The Labute approximate surface area is 180 Å². The lowest BCUT2D eigenvalue weighted by atomic mass is 9.92. The van der Waals surface area contributed by atoms with Gasteiger partial charge in [0.1, 0.15) is 5.54 Å². The van der Waals surface area contributed by atoms with Crippen LogP contribution in [0.2, 0.25) is 0 Å². The number of nitrogens with zero attached hydrogens (tertiary/aromatic N) is 2. The second-order valence-electron chi connectivity index (χ2n) is 8.01. The van der Waals surface area contributed by atoms with E-state index in [9.17, 15) is 19.2 Å². The predicted octanol–water partition coefficient (Wildman–Crippen LogP) is 1.58. The summed E-state index contributed by atoms with van der Waals surface area (Å²) in [6.45, 7) is 2.37. The van der Waals surface area contributed by atoms with Crippen LogP contribution in [0.3, 0.4) is 0 Å². The molecule has 0 unspecified atom stereocenters. The van der Waals surface area contributed by atoms with Crippen molar-refractivity contribution < 1.29 is 19.2 Å². The molecule has 0 spiro atoms. The maximum atomic E-state index is 12.9. The average molecular weight is 420 g/mol. The minimum absolute atomic E-state index is 0.0558. The number of nitrogens with one attached hydrogen (secondary N) is 2. The van der Waals surface area contributed by atoms with Gasteiger partial charge < -0.3 is 10.2 Å². The first-order valence-corrected chi connectivity index (χ1v) is 10.2. The maximum Gasteiger partial charge on any atom is 0.344 e. The summed E-state index contributed by atoms with van der Waals surface area (Å²) in [6.07, 6.45) is 0.754. The third-order valence-corrected chi connectivity index (χ3v) is 5.86. The Morgan fingerprint density at radius 3 is 2.39 bits per heavy atom. The molecule has 2 aromatic carbocycles. The summed E-state index contributed by atoms with van der Waals surface area (Å²) in [7, 11) is 0. The molecule has 0 radical (unpaired) electrons. The van der Waals surface area contributed by atoms with Gasteiger partial charge in [-0.25, -0.2) is 4.79 Å². The zero-order chi connectivity index (χ0) is 22.0. The van der Waals surface area contributed by atoms with Gasteiger partial charge in [-0.2, -0.15) is 5.01 Å². The molecule has 2 saturated heterocycles. The number of imide groups is 1. The lowest BCUT2D eigenvalue weighted by Crippen LogP contribution is -2.50. The predicted molar refractivity (Wildman–Crippen MR) is 112 cm³/mol. The fraction of sp³-hybridized carbons (Fsp3) is 0.304. The lowest BCUT2D eigenvalue weighted by Gasteiger charge is -2.22. The number of amides is 5. The summed E-state index contributed by atoms with van der Waals surface area (Å²) in [5.74, 6) is -1.81. The number of carbonyl (C=O) groups is 4. The number of hydrazine groups is 1. The van der Waals surface area contributed by atoms with Crippen LogP contribution in [0.4, 0.5) is 4.79 Å². The van der Waals surface area contributed by atoms with Gasteiger partial charge >= 0.3 is 6.03 Å². The van der Waals surface area contributed by atoms with Crippen LogP contribution in [0.15, 0.2) is 60.7 Å². The molecule has 2 atom stereocenters. The van der Waals surface area contributed by atoms with Crippen LogP contribution in [0.1, 0.15) is 24.5 Å². The van der Waals surface area contributed by atoms with E-state index in [4.69, 9.17) is 0 Å². The molecule has 8 heteroatoms. The molecule has 4 rings (SSSR count). The third kappa shape index (κ3) is 4.01. The van der Waals surface area contributed by atoms with Crippen molar-refractivity contribution in [2.24, 2.45) is 5.92 Å². The van der Waals surface area contributed by atoms with Crippen LogP contribution in [0.5, 0.6) is 0 Å². The summed E-state index contributed by atoms with van der Waals surface area (Å²) in [5, 5.41) is 3.36. The van der Waals surface area contributed by atoms with E-state index in [0.717, 1.165) is 5.56 Å². The van der Waals surface area contributed by atoms with E-state index in [0.29, 0.717) is 23.5 Å². The van der Waals surface area contributed by atoms with Crippen LogP contribution < -0.4 is 10.7 Å². The van der Waals surface area contributed by atoms with Gasteiger partial charge in [-0.05, 0) is 24.5 Å². The number of likely N-dealkylation sites (tertiary alicyclic amines) is 1. The highest BCUT2D eigenvalue weighted by molar-refractivity contribution is 6.08. The molecule has 2 fully saturated rings. The Bertz CT molecular complexity index is 1010. The molecule has 8 nitrogen and oxygen atoms in total. The highest BCUT2D eigenvalue weighted by Gasteiger charge is 2.50. The third-order valence-electron chi connectivity index (χ3n) is 5.86. The number of benzene rings is 2. The van der Waals surface area contributed by atoms with Crippen molar-refractivity contribution in [2.75, 3.05) is 13.1 Å². The Morgan fingerprint density at radius 1 is 1.06 bits per heavy atom. The Hall–Kier alpha value is -3.68. The van der Waals surface area contributed by atoms with Crippen molar-refractivity contribution in [1.29, 1.82) is 0 Å². The first-order valence-electron chi connectivity index (χ1n) is 10.2. The second-order valence-corrected chi connectivity index (χ2v) is 8.01. The van der Waals surface area contributed by atoms with Gasteiger partial charge in [-0.15, -0.1) is 0 Å². The molecular weight excluding hydrogens is 396 g/mol. The SMILES string of the molecule is C[C@]1(c2ccccc2)NC(=O)N(NC(=O)[C@@H]2CC(=O)N(CCc3ccccc3)C2)C1=O. The number of hydrogen-bond acceptors (Lipinski definition) is 4. The molecule has 2 aliphatic heterocycles. The molecule has 0 saturated carbocycles. The minimum atomic E-state index is -1.27. The van der Waals surface area contributed by atoms with Crippen molar-refractivity contribution in [3.05, 3.63) is 71.8 Å². The molecular formula is C23H24N4O4. The molecule has 0 bridgehead atoms. The summed E-state index contributed by atoms with van der Waals surface area (Å²) in [6, 6.07) is 17.9. The van der Waals surface area contributed by atoms with Gasteiger partial charge in [0.15, 0.2) is 0 Å². The van der Waals surface area contributed by atoms with Gasteiger partial charge in [0.05, 0.1) is 5.92 Å². The monoisotopic (exact) mass is 420 g/mol.